The fourth-order valence-corrected chi connectivity index (χ4v) is 3.56. The van der Waals surface area contributed by atoms with E-state index >= 15 is 0 Å². The Labute approximate surface area is 210 Å². The number of fused-ring (bicyclic) bond motifs is 1. The number of benzene rings is 3. The number of hydrogen-bond donors (Lipinski definition) is 3. The lowest BCUT2D eigenvalue weighted by atomic mass is 9.87. The Kier molecular flexibility index (Phi) is 7.24. The monoisotopic (exact) mass is 486 g/mol. The van der Waals surface area contributed by atoms with Gasteiger partial charge in [0.25, 0.3) is 11.8 Å². The summed E-state index contributed by atoms with van der Waals surface area (Å²) in [6.45, 7) is 7.96. The van der Waals surface area contributed by atoms with E-state index < -0.39 is 6.10 Å². The van der Waals surface area contributed by atoms with Gasteiger partial charge in [0, 0.05) is 17.1 Å². The smallest absolute Gasteiger partial charge is 0.265 e. The summed E-state index contributed by atoms with van der Waals surface area (Å²) in [5.74, 6) is 0.934. The number of amides is 2. The number of carbonyl (C=O) groups is 2. The fraction of sp³-hybridized carbons (Fsp3) is 0.250. The van der Waals surface area contributed by atoms with Crippen molar-refractivity contribution in [3.63, 3.8) is 0 Å². The predicted octanol–water partition coefficient (Wildman–Crippen LogP) is 5.28. The van der Waals surface area contributed by atoms with Crippen molar-refractivity contribution in [2.45, 2.75) is 39.2 Å². The number of ether oxygens (including phenoxy) is 2. The predicted molar refractivity (Wildman–Crippen MR) is 141 cm³/mol. The van der Waals surface area contributed by atoms with E-state index in [4.69, 9.17) is 9.47 Å². The molecule has 0 saturated heterocycles. The van der Waals surface area contributed by atoms with Gasteiger partial charge in [-0.15, -0.1) is 0 Å². The molecule has 4 aromatic rings. The number of rotatable bonds is 8. The standard InChI is InChI=1S/C28H30N4O4/c1-18(27(34)29-20-8-6-5-7-9-20)36-22-14-15-23-24(16-22)31-32-26(23)30-25(33)17-35-21-12-10-19(11-13-21)28(2,3)4/h5-16,18H,17H2,1-4H3,(H,29,34)(H2,30,31,32,33). The van der Waals surface area contributed by atoms with Gasteiger partial charge in [0.15, 0.2) is 18.5 Å². The molecule has 1 unspecified atom stereocenters. The number of anilines is 2. The van der Waals surface area contributed by atoms with Crippen LogP contribution in [0.1, 0.15) is 33.3 Å². The first-order chi connectivity index (χ1) is 17.2. The summed E-state index contributed by atoms with van der Waals surface area (Å²) in [4.78, 5) is 24.8. The van der Waals surface area contributed by atoms with Crippen LogP contribution in [0.3, 0.4) is 0 Å². The number of aromatic nitrogens is 2. The minimum absolute atomic E-state index is 0.0500. The number of nitrogens with zero attached hydrogens (tertiary/aromatic N) is 1. The summed E-state index contributed by atoms with van der Waals surface area (Å²) in [6, 6.07) is 22.2. The van der Waals surface area contributed by atoms with Crippen LogP contribution in [-0.2, 0) is 15.0 Å². The number of aromatic amines is 1. The average Bonchev–Trinajstić information content (AvgIpc) is 3.24. The van der Waals surface area contributed by atoms with E-state index in [0.29, 0.717) is 33.9 Å². The van der Waals surface area contributed by atoms with Crippen LogP contribution in [0.5, 0.6) is 11.5 Å². The molecule has 3 N–H and O–H groups in total. The van der Waals surface area contributed by atoms with E-state index in [1.165, 1.54) is 5.56 Å². The molecule has 0 spiro atoms. The van der Waals surface area contributed by atoms with Gasteiger partial charge in [-0.25, -0.2) is 0 Å². The Hall–Kier alpha value is -4.33. The van der Waals surface area contributed by atoms with Gasteiger partial charge in [0.2, 0.25) is 0 Å². The Bertz CT molecular complexity index is 1340. The maximum absolute atomic E-state index is 12.4. The molecule has 8 heteroatoms. The highest BCUT2D eigenvalue weighted by molar-refractivity contribution is 6.00. The fourth-order valence-electron chi connectivity index (χ4n) is 3.56. The van der Waals surface area contributed by atoms with Crippen LogP contribution in [-0.4, -0.2) is 34.7 Å². The van der Waals surface area contributed by atoms with Crippen molar-refractivity contribution >= 4 is 34.2 Å². The number of H-pyrrole nitrogens is 1. The largest absolute Gasteiger partial charge is 0.484 e. The van der Waals surface area contributed by atoms with Gasteiger partial charge in [-0.05, 0) is 54.3 Å². The van der Waals surface area contributed by atoms with E-state index in [9.17, 15) is 9.59 Å². The highest BCUT2D eigenvalue weighted by Crippen LogP contribution is 2.26. The summed E-state index contributed by atoms with van der Waals surface area (Å²) in [5.41, 5.74) is 2.61. The molecular weight excluding hydrogens is 456 g/mol. The van der Waals surface area contributed by atoms with Crippen LogP contribution in [0, 0.1) is 0 Å². The molecule has 0 aliphatic carbocycles. The molecule has 36 heavy (non-hydrogen) atoms. The summed E-state index contributed by atoms with van der Waals surface area (Å²) in [5, 5.41) is 13.4. The maximum Gasteiger partial charge on any atom is 0.265 e. The molecule has 1 aromatic heterocycles. The Balaban J connectivity index is 1.33. The quantitative estimate of drug-likeness (QED) is 0.314. The molecule has 4 rings (SSSR count). The van der Waals surface area contributed by atoms with Gasteiger partial charge >= 0.3 is 0 Å². The molecule has 186 valence electrons. The van der Waals surface area contributed by atoms with E-state index in [2.05, 4.69) is 41.6 Å². The van der Waals surface area contributed by atoms with Gasteiger partial charge in [-0.3, -0.25) is 14.7 Å². The highest BCUT2D eigenvalue weighted by Gasteiger charge is 2.17. The zero-order valence-electron chi connectivity index (χ0n) is 20.8. The Morgan fingerprint density at radius 1 is 0.944 bits per heavy atom. The van der Waals surface area contributed by atoms with Crippen LogP contribution in [0.4, 0.5) is 11.5 Å². The minimum Gasteiger partial charge on any atom is -0.484 e. The zero-order valence-corrected chi connectivity index (χ0v) is 20.8. The molecule has 0 saturated carbocycles. The lowest BCUT2D eigenvalue weighted by Crippen LogP contribution is -2.30. The van der Waals surface area contributed by atoms with E-state index in [1.54, 1.807) is 25.1 Å². The van der Waals surface area contributed by atoms with Crippen molar-refractivity contribution in [3.05, 3.63) is 78.4 Å². The molecular formula is C28H30N4O4. The molecule has 0 aliphatic heterocycles. The first-order valence-corrected chi connectivity index (χ1v) is 11.7. The highest BCUT2D eigenvalue weighted by atomic mass is 16.5. The van der Waals surface area contributed by atoms with E-state index in [-0.39, 0.29) is 23.8 Å². The van der Waals surface area contributed by atoms with Crippen molar-refractivity contribution in [1.82, 2.24) is 10.2 Å². The van der Waals surface area contributed by atoms with Crippen LogP contribution in [0.15, 0.2) is 72.8 Å². The molecule has 1 atom stereocenters. The van der Waals surface area contributed by atoms with Crippen LogP contribution < -0.4 is 20.1 Å². The number of carbonyl (C=O) groups excluding carboxylic acids is 2. The summed E-state index contributed by atoms with van der Waals surface area (Å²) >= 11 is 0. The second-order valence-electron chi connectivity index (χ2n) is 9.51. The van der Waals surface area contributed by atoms with Crippen molar-refractivity contribution in [1.29, 1.82) is 0 Å². The van der Waals surface area contributed by atoms with Gasteiger partial charge in [-0.2, -0.15) is 5.10 Å². The van der Waals surface area contributed by atoms with Gasteiger partial charge in [-0.1, -0.05) is 51.1 Å². The van der Waals surface area contributed by atoms with Crippen LogP contribution >= 0.6 is 0 Å². The van der Waals surface area contributed by atoms with Crippen molar-refractivity contribution in [2.24, 2.45) is 0 Å². The van der Waals surface area contributed by atoms with Crippen LogP contribution in [0.2, 0.25) is 0 Å². The third-order valence-corrected chi connectivity index (χ3v) is 5.61. The minimum atomic E-state index is -0.709. The van der Waals surface area contributed by atoms with E-state index in [0.717, 1.165) is 0 Å². The van der Waals surface area contributed by atoms with Crippen molar-refractivity contribution in [2.75, 3.05) is 17.2 Å². The SMILES string of the molecule is CC(Oc1ccc2c(NC(=O)COc3ccc(C(C)(C)C)cc3)n[nH]c2c1)C(=O)Nc1ccccc1. The van der Waals surface area contributed by atoms with E-state index in [1.807, 2.05) is 54.6 Å². The summed E-state index contributed by atoms with van der Waals surface area (Å²) in [7, 11) is 0. The molecule has 3 aromatic carbocycles. The normalized spacial score (nSPS) is 12.1. The third-order valence-electron chi connectivity index (χ3n) is 5.61. The lowest BCUT2D eigenvalue weighted by molar-refractivity contribution is -0.122. The van der Waals surface area contributed by atoms with Gasteiger partial charge in [0.05, 0.1) is 5.52 Å². The number of nitrogens with one attached hydrogen (secondary N) is 3. The Morgan fingerprint density at radius 3 is 2.33 bits per heavy atom. The van der Waals surface area contributed by atoms with Crippen molar-refractivity contribution in [3.8, 4) is 11.5 Å². The molecule has 8 nitrogen and oxygen atoms in total. The van der Waals surface area contributed by atoms with Gasteiger partial charge in [0.1, 0.15) is 11.5 Å². The number of hydrogen-bond acceptors (Lipinski definition) is 5. The van der Waals surface area contributed by atoms with Crippen molar-refractivity contribution < 1.29 is 19.1 Å². The molecule has 1 heterocycles. The molecule has 0 bridgehead atoms. The molecule has 2 amide bonds. The molecule has 0 aliphatic rings. The molecule has 0 radical (unpaired) electrons. The van der Waals surface area contributed by atoms with Gasteiger partial charge < -0.3 is 20.1 Å². The van der Waals surface area contributed by atoms with Crippen LogP contribution in [0.25, 0.3) is 10.9 Å². The zero-order chi connectivity index (χ0) is 25.7. The lowest BCUT2D eigenvalue weighted by Gasteiger charge is -2.19. The first kappa shape index (κ1) is 24.8. The second-order valence-corrected chi connectivity index (χ2v) is 9.51. The molecule has 0 fully saturated rings. The summed E-state index contributed by atoms with van der Waals surface area (Å²) < 4.78 is 11.4. The Morgan fingerprint density at radius 2 is 1.64 bits per heavy atom. The summed E-state index contributed by atoms with van der Waals surface area (Å²) in [6.07, 6.45) is -0.709. The third kappa shape index (κ3) is 6.21. The second kappa shape index (κ2) is 10.5. The number of para-hydroxylation sites is 1. The first-order valence-electron chi connectivity index (χ1n) is 11.7. The average molecular weight is 487 g/mol. The topological polar surface area (TPSA) is 105 Å². The maximum atomic E-state index is 12.4.